The Bertz CT molecular complexity index is 1820. The minimum atomic E-state index is -0.369. The molecule has 0 bridgehead atoms. The van der Waals surface area contributed by atoms with Crippen LogP contribution in [0.2, 0.25) is 0 Å². The Balaban J connectivity index is 1.37. The zero-order valence-corrected chi connectivity index (χ0v) is 24.3. The highest BCUT2D eigenvalue weighted by Crippen LogP contribution is 2.28. The van der Waals surface area contributed by atoms with Crippen LogP contribution in [0.3, 0.4) is 0 Å². The molecule has 2 aromatic carbocycles. The van der Waals surface area contributed by atoms with Crippen molar-refractivity contribution in [2.24, 2.45) is 0 Å². The fourth-order valence-corrected chi connectivity index (χ4v) is 5.71. The summed E-state index contributed by atoms with van der Waals surface area (Å²) >= 11 is 1.30. The summed E-state index contributed by atoms with van der Waals surface area (Å²) in [6, 6.07) is 11.9. The summed E-state index contributed by atoms with van der Waals surface area (Å²) in [6.07, 6.45) is 0.625. The maximum absolute atomic E-state index is 14.0. The zero-order chi connectivity index (χ0) is 29.3. The molecule has 11 heteroatoms. The van der Waals surface area contributed by atoms with Crippen LogP contribution in [-0.2, 0) is 17.6 Å². The molecule has 9 nitrogen and oxygen atoms in total. The number of hydrogen-bond donors (Lipinski definition) is 1. The lowest BCUT2D eigenvalue weighted by Crippen LogP contribution is -2.29. The Hall–Kier alpha value is -4.51. The normalized spacial score (nSPS) is 11.2. The number of carbonyl (C=O) groups is 1. The number of nitrogens with zero attached hydrogens (tertiary/aromatic N) is 4. The van der Waals surface area contributed by atoms with Crippen LogP contribution >= 0.6 is 11.3 Å². The van der Waals surface area contributed by atoms with Gasteiger partial charge < -0.3 is 14.8 Å². The smallest absolute Gasteiger partial charge is 0.268 e. The number of methoxy groups -OCH3 is 2. The van der Waals surface area contributed by atoms with E-state index in [9.17, 15) is 14.0 Å². The van der Waals surface area contributed by atoms with Crippen molar-refractivity contribution in [3.63, 3.8) is 0 Å². The van der Waals surface area contributed by atoms with Gasteiger partial charge in [0.25, 0.3) is 5.56 Å². The van der Waals surface area contributed by atoms with Crippen molar-refractivity contribution in [2.75, 3.05) is 20.8 Å². The van der Waals surface area contributed by atoms with Crippen LogP contribution in [0.4, 0.5) is 4.39 Å². The van der Waals surface area contributed by atoms with Crippen LogP contribution in [0.1, 0.15) is 28.2 Å². The number of thiazole rings is 1. The molecule has 41 heavy (non-hydrogen) atoms. The molecule has 0 fully saturated rings. The number of benzene rings is 2. The van der Waals surface area contributed by atoms with Gasteiger partial charge >= 0.3 is 0 Å². The fourth-order valence-electron chi connectivity index (χ4n) is 4.78. The second-order valence-electron chi connectivity index (χ2n) is 9.70. The molecule has 0 saturated carbocycles. The molecule has 0 aliphatic rings. The number of aryl methyl sites for hydroxylation is 3. The van der Waals surface area contributed by atoms with E-state index in [4.69, 9.17) is 9.47 Å². The number of rotatable bonds is 9. The van der Waals surface area contributed by atoms with Crippen LogP contribution in [0.25, 0.3) is 21.9 Å². The van der Waals surface area contributed by atoms with Gasteiger partial charge in [0.05, 0.1) is 37.6 Å². The van der Waals surface area contributed by atoms with Crippen LogP contribution in [0.5, 0.6) is 11.5 Å². The van der Waals surface area contributed by atoms with Gasteiger partial charge in [-0.15, -0.1) is 11.3 Å². The van der Waals surface area contributed by atoms with Gasteiger partial charge in [-0.1, -0.05) is 12.1 Å². The summed E-state index contributed by atoms with van der Waals surface area (Å²) in [6.45, 7) is 5.91. The molecule has 0 unspecified atom stereocenters. The first-order valence-corrected chi connectivity index (χ1v) is 13.9. The van der Waals surface area contributed by atoms with E-state index in [0.717, 1.165) is 16.8 Å². The van der Waals surface area contributed by atoms with Gasteiger partial charge in [-0.2, -0.15) is 5.10 Å². The minimum Gasteiger partial charge on any atom is -0.493 e. The predicted molar refractivity (Wildman–Crippen MR) is 156 cm³/mol. The van der Waals surface area contributed by atoms with Crippen molar-refractivity contribution in [1.29, 1.82) is 0 Å². The van der Waals surface area contributed by atoms with Crippen molar-refractivity contribution >= 4 is 22.2 Å². The van der Waals surface area contributed by atoms with Gasteiger partial charge in [-0.05, 0) is 68.7 Å². The van der Waals surface area contributed by atoms with E-state index in [0.29, 0.717) is 57.8 Å². The van der Waals surface area contributed by atoms with Gasteiger partial charge in [0.2, 0.25) is 5.91 Å². The molecule has 5 aromatic rings. The van der Waals surface area contributed by atoms with Gasteiger partial charge in [0, 0.05) is 23.3 Å². The number of carbonyl (C=O) groups excluding carboxylic acids is 1. The van der Waals surface area contributed by atoms with E-state index in [1.54, 1.807) is 43.3 Å². The third kappa shape index (κ3) is 5.58. The fraction of sp³-hybridized carbons (Fsp3) is 0.267. The lowest BCUT2D eigenvalue weighted by molar-refractivity contribution is -0.120. The van der Waals surface area contributed by atoms with Crippen LogP contribution in [0, 0.1) is 26.6 Å². The monoisotopic (exact) mass is 575 g/mol. The van der Waals surface area contributed by atoms with Crippen LogP contribution in [-0.4, -0.2) is 45.8 Å². The molecule has 0 spiro atoms. The van der Waals surface area contributed by atoms with Crippen molar-refractivity contribution in [2.45, 2.75) is 33.6 Å². The molecule has 5 rings (SSSR count). The summed E-state index contributed by atoms with van der Waals surface area (Å²) in [5.41, 5.74) is 4.74. The van der Waals surface area contributed by atoms with E-state index < -0.39 is 0 Å². The van der Waals surface area contributed by atoms with E-state index in [-0.39, 0.29) is 23.7 Å². The number of ether oxygens (including phenoxy) is 2. The SMILES string of the molecule is COc1ccc(CCNC(=O)Cc2csc3nc(C)c(-c4cc(C)n(-c5cc(F)ccc5C)n4)c(=O)n23)cc1OC. The molecule has 212 valence electrons. The van der Waals surface area contributed by atoms with E-state index >= 15 is 0 Å². The average molecular weight is 576 g/mol. The maximum Gasteiger partial charge on any atom is 0.268 e. The lowest BCUT2D eigenvalue weighted by Gasteiger charge is -2.10. The van der Waals surface area contributed by atoms with Gasteiger partial charge in [-0.25, -0.2) is 14.1 Å². The lowest BCUT2D eigenvalue weighted by atomic mass is 10.1. The molecule has 0 radical (unpaired) electrons. The quantitative estimate of drug-likeness (QED) is 0.276. The Morgan fingerprint density at radius 3 is 2.59 bits per heavy atom. The summed E-state index contributed by atoms with van der Waals surface area (Å²) in [7, 11) is 3.16. The van der Waals surface area contributed by atoms with Crippen molar-refractivity contribution in [3.8, 4) is 28.4 Å². The highest BCUT2D eigenvalue weighted by molar-refractivity contribution is 7.15. The maximum atomic E-state index is 14.0. The second kappa shape index (κ2) is 11.5. The number of hydrogen-bond acceptors (Lipinski definition) is 7. The first-order chi connectivity index (χ1) is 19.7. The van der Waals surface area contributed by atoms with Gasteiger partial charge in [0.15, 0.2) is 16.5 Å². The Labute approximate surface area is 240 Å². The number of aromatic nitrogens is 4. The first kappa shape index (κ1) is 28.0. The van der Waals surface area contributed by atoms with E-state index in [1.807, 2.05) is 32.0 Å². The number of halogens is 1. The van der Waals surface area contributed by atoms with E-state index in [2.05, 4.69) is 15.4 Å². The highest BCUT2D eigenvalue weighted by Gasteiger charge is 2.20. The largest absolute Gasteiger partial charge is 0.493 e. The van der Waals surface area contributed by atoms with Gasteiger partial charge in [0.1, 0.15) is 11.5 Å². The summed E-state index contributed by atoms with van der Waals surface area (Å²) < 4.78 is 27.7. The van der Waals surface area contributed by atoms with Gasteiger partial charge in [-0.3, -0.25) is 14.0 Å². The molecule has 0 atom stereocenters. The first-order valence-electron chi connectivity index (χ1n) is 13.0. The predicted octanol–water partition coefficient (Wildman–Crippen LogP) is 4.59. The van der Waals surface area contributed by atoms with Crippen LogP contribution < -0.4 is 20.3 Å². The third-order valence-electron chi connectivity index (χ3n) is 6.89. The zero-order valence-electron chi connectivity index (χ0n) is 23.4. The number of amides is 1. The molecule has 3 heterocycles. The third-order valence-corrected chi connectivity index (χ3v) is 7.76. The average Bonchev–Trinajstić information content (AvgIpc) is 3.52. The Morgan fingerprint density at radius 2 is 1.83 bits per heavy atom. The molecule has 1 N–H and O–H groups in total. The molecule has 0 aliphatic heterocycles. The molecule has 0 saturated heterocycles. The molecular weight excluding hydrogens is 545 g/mol. The highest BCUT2D eigenvalue weighted by atomic mass is 32.1. The topological polar surface area (TPSA) is 99.7 Å². The standard InChI is InChI=1S/C30H30FN5O4S/c1-17-6-8-21(31)14-24(17)36-18(2)12-23(34-36)28-19(3)33-30-35(29(28)38)22(16-41-30)15-27(37)32-11-10-20-7-9-25(39-4)26(13-20)40-5/h6-9,12-14,16H,10-11,15H2,1-5H3,(H,32,37). The Kier molecular flexibility index (Phi) is 7.89. The van der Waals surface area contributed by atoms with Crippen LogP contribution in [0.15, 0.2) is 52.6 Å². The van der Waals surface area contributed by atoms with E-state index in [1.165, 1.54) is 27.9 Å². The molecule has 1 amide bonds. The Morgan fingerprint density at radius 1 is 1.05 bits per heavy atom. The van der Waals surface area contributed by atoms with Crippen molar-refractivity contribution < 1.29 is 18.7 Å². The number of fused-ring (bicyclic) bond motifs is 1. The second-order valence-corrected chi connectivity index (χ2v) is 10.5. The molecular formula is C30H30FN5O4S. The molecule has 0 aliphatic carbocycles. The summed E-state index contributed by atoms with van der Waals surface area (Å²) in [5.74, 6) is 0.696. The summed E-state index contributed by atoms with van der Waals surface area (Å²) in [4.78, 5) is 31.7. The van der Waals surface area contributed by atoms with Crippen molar-refractivity contribution in [3.05, 3.63) is 92.2 Å². The minimum absolute atomic E-state index is 0.0198. The molecule has 3 aromatic heterocycles. The van der Waals surface area contributed by atoms with Crippen molar-refractivity contribution in [1.82, 2.24) is 24.5 Å². The summed E-state index contributed by atoms with van der Waals surface area (Å²) in [5, 5.41) is 9.36. The number of nitrogens with one attached hydrogen (secondary N) is 1.